The number of nitro groups is 1. The van der Waals surface area contributed by atoms with E-state index >= 15 is 0 Å². The molecule has 1 aromatic carbocycles. The van der Waals surface area contributed by atoms with Gasteiger partial charge in [0.25, 0.3) is 0 Å². The van der Waals surface area contributed by atoms with Gasteiger partial charge in [-0.25, -0.2) is 0 Å². The summed E-state index contributed by atoms with van der Waals surface area (Å²) < 4.78 is 0. The van der Waals surface area contributed by atoms with Gasteiger partial charge in [-0.3, -0.25) is 0 Å². The number of nitrogens with zero attached hydrogens (tertiary/aromatic N) is 5. The van der Waals surface area contributed by atoms with Gasteiger partial charge >= 0.3 is 0 Å². The third-order valence-corrected chi connectivity index (χ3v) is 1.88. The first kappa shape index (κ1) is 9.25. The average Bonchev–Trinajstić information content (AvgIpc) is 2.67. The summed E-state index contributed by atoms with van der Waals surface area (Å²) in [5, 5.41) is 20.0. The minimum absolute atomic E-state index is 0.214. The van der Waals surface area contributed by atoms with E-state index in [2.05, 4.69) is 15.5 Å². The zero-order valence-electron chi connectivity index (χ0n) is 7.65. The summed E-state index contributed by atoms with van der Waals surface area (Å²) in [6.07, 6.45) is 0.342. The highest BCUT2D eigenvalue weighted by Crippen LogP contribution is 2.04. The summed E-state index contributed by atoms with van der Waals surface area (Å²) in [4.78, 5) is 11.1. The van der Waals surface area contributed by atoms with Gasteiger partial charge in [0.15, 0.2) is 0 Å². The van der Waals surface area contributed by atoms with Gasteiger partial charge in [-0.05, 0) is 5.56 Å². The Bertz CT molecular complexity index is 467. The topological polar surface area (TPSA) is 86.7 Å². The Kier molecular flexibility index (Phi) is 2.36. The van der Waals surface area contributed by atoms with Crippen molar-refractivity contribution in [1.82, 2.24) is 20.3 Å². The fourth-order valence-electron chi connectivity index (χ4n) is 1.21. The minimum atomic E-state index is -0.654. The highest BCUT2D eigenvalue weighted by atomic mass is 16.7. The van der Waals surface area contributed by atoms with E-state index in [0.29, 0.717) is 11.2 Å². The predicted molar refractivity (Wildman–Crippen MR) is 49.5 cm³/mol. The molecule has 0 spiro atoms. The Morgan fingerprint density at radius 2 is 2.07 bits per heavy atom. The quantitative estimate of drug-likeness (QED) is 0.531. The maximum Gasteiger partial charge on any atom is 0.230 e. The van der Waals surface area contributed by atoms with Crippen LogP contribution in [0.4, 0.5) is 0 Å². The molecule has 0 saturated carbocycles. The molecule has 0 N–H and O–H groups in total. The molecule has 7 nitrogen and oxygen atoms in total. The molecule has 0 saturated heterocycles. The lowest BCUT2D eigenvalue weighted by Gasteiger charge is -1.97. The second kappa shape index (κ2) is 3.82. The van der Waals surface area contributed by atoms with Gasteiger partial charge in [-0.2, -0.15) is 0 Å². The molecule has 1 aromatic heterocycles. The largest absolute Gasteiger partial charge is 0.339 e. The molecule has 2 aromatic rings. The van der Waals surface area contributed by atoms with Crippen LogP contribution in [0.25, 0.3) is 0 Å². The molecule has 0 radical (unpaired) electrons. The van der Waals surface area contributed by atoms with E-state index in [-0.39, 0.29) is 5.82 Å². The Balaban J connectivity index is 2.25. The van der Waals surface area contributed by atoms with Crippen LogP contribution in [0.1, 0.15) is 11.4 Å². The fraction of sp³-hybridized carbons (Fsp3) is 0.125. The second-order valence-corrected chi connectivity index (χ2v) is 2.88. The van der Waals surface area contributed by atoms with Crippen molar-refractivity contribution in [3.8, 4) is 0 Å². The number of aromatic nitrogens is 4. The average molecular weight is 205 g/mol. The third kappa shape index (κ3) is 1.96. The zero-order valence-corrected chi connectivity index (χ0v) is 7.65. The summed E-state index contributed by atoms with van der Waals surface area (Å²) in [5.41, 5.74) is 0.926. The Morgan fingerprint density at radius 1 is 1.33 bits per heavy atom. The fourth-order valence-corrected chi connectivity index (χ4v) is 1.21. The molecule has 0 fully saturated rings. The highest BCUT2D eigenvalue weighted by molar-refractivity contribution is 5.18. The summed E-state index contributed by atoms with van der Waals surface area (Å²) in [5.74, 6) is 0.214. The number of hydrogen-bond acceptors (Lipinski definition) is 5. The van der Waals surface area contributed by atoms with Crippen molar-refractivity contribution in [2.75, 3.05) is 0 Å². The monoisotopic (exact) mass is 205 g/mol. The number of hydrogen-bond donors (Lipinski definition) is 0. The second-order valence-electron chi connectivity index (χ2n) is 2.88. The van der Waals surface area contributed by atoms with Gasteiger partial charge in [0.1, 0.15) is 5.21 Å². The number of tetrazole rings is 1. The first-order valence-electron chi connectivity index (χ1n) is 4.23. The Hall–Kier alpha value is -2.31. The van der Waals surface area contributed by atoms with Crippen LogP contribution < -0.4 is 0 Å². The van der Waals surface area contributed by atoms with E-state index in [9.17, 15) is 10.1 Å². The minimum Gasteiger partial charge on any atom is -0.339 e. The maximum atomic E-state index is 10.5. The molecule has 0 amide bonds. The van der Waals surface area contributed by atoms with Crippen molar-refractivity contribution in [3.63, 3.8) is 0 Å². The zero-order chi connectivity index (χ0) is 10.7. The van der Waals surface area contributed by atoms with Crippen molar-refractivity contribution in [2.24, 2.45) is 0 Å². The van der Waals surface area contributed by atoms with Gasteiger partial charge in [0.2, 0.25) is 11.0 Å². The molecule has 0 bridgehead atoms. The first-order valence-corrected chi connectivity index (χ1v) is 4.23. The van der Waals surface area contributed by atoms with Crippen molar-refractivity contribution in [2.45, 2.75) is 6.42 Å². The van der Waals surface area contributed by atoms with Crippen LogP contribution in [0.5, 0.6) is 0 Å². The number of benzene rings is 1. The third-order valence-electron chi connectivity index (χ3n) is 1.88. The van der Waals surface area contributed by atoms with Gasteiger partial charge in [0, 0.05) is 6.42 Å². The van der Waals surface area contributed by atoms with Crippen LogP contribution in [0.2, 0.25) is 0 Å². The van der Waals surface area contributed by atoms with Gasteiger partial charge in [-0.15, -0.1) is 0 Å². The van der Waals surface area contributed by atoms with Crippen LogP contribution in [0, 0.1) is 10.1 Å². The molecule has 0 unspecified atom stereocenters. The first-order chi connectivity index (χ1) is 7.27. The summed E-state index contributed by atoms with van der Waals surface area (Å²) in [6.45, 7) is 0. The molecule has 0 aliphatic carbocycles. The van der Waals surface area contributed by atoms with Gasteiger partial charge in [-0.1, -0.05) is 35.4 Å². The van der Waals surface area contributed by atoms with Crippen molar-refractivity contribution in [1.29, 1.82) is 0 Å². The van der Waals surface area contributed by atoms with E-state index < -0.39 is 5.03 Å². The molecule has 2 rings (SSSR count). The van der Waals surface area contributed by atoms with E-state index in [1.54, 1.807) is 0 Å². The molecule has 0 aliphatic heterocycles. The van der Waals surface area contributed by atoms with E-state index in [1.165, 1.54) is 0 Å². The molecule has 76 valence electrons. The summed E-state index contributed by atoms with van der Waals surface area (Å²) in [7, 11) is 0. The van der Waals surface area contributed by atoms with E-state index in [4.69, 9.17) is 0 Å². The lowest BCUT2D eigenvalue weighted by molar-refractivity contribution is -0.555. The van der Waals surface area contributed by atoms with E-state index in [0.717, 1.165) is 5.56 Å². The summed E-state index contributed by atoms with van der Waals surface area (Å²) >= 11 is 0. The molecular weight excluding hydrogens is 198 g/mol. The molecular formula is C8H7N5O2. The smallest absolute Gasteiger partial charge is 0.230 e. The van der Waals surface area contributed by atoms with Crippen LogP contribution in [-0.2, 0) is 6.42 Å². The molecule has 0 aliphatic rings. The summed E-state index contributed by atoms with van der Waals surface area (Å²) in [6, 6.07) is 9.31. The molecule has 0 atom stereocenters. The van der Waals surface area contributed by atoms with Crippen LogP contribution >= 0.6 is 0 Å². The molecule has 7 heteroatoms. The van der Waals surface area contributed by atoms with Gasteiger partial charge in [0.05, 0.1) is 9.82 Å². The Morgan fingerprint density at radius 3 is 2.73 bits per heavy atom. The molecule has 1 heterocycles. The molecule has 15 heavy (non-hydrogen) atoms. The predicted octanol–water partition coefficient (Wildman–Crippen LogP) is 0.304. The normalized spacial score (nSPS) is 10.1. The van der Waals surface area contributed by atoms with Crippen LogP contribution in [0.3, 0.4) is 0 Å². The lowest BCUT2D eigenvalue weighted by Crippen LogP contribution is -2.14. The SMILES string of the molecule is O=[N+]([O-])n1nnnc1Cc1ccccc1. The van der Waals surface area contributed by atoms with Crippen LogP contribution in [0.15, 0.2) is 30.3 Å². The highest BCUT2D eigenvalue weighted by Gasteiger charge is 2.15. The maximum absolute atomic E-state index is 10.5. The van der Waals surface area contributed by atoms with Gasteiger partial charge < -0.3 is 10.1 Å². The lowest BCUT2D eigenvalue weighted by atomic mass is 10.1. The van der Waals surface area contributed by atoms with Crippen molar-refractivity contribution < 1.29 is 5.03 Å². The standard InChI is InChI=1S/C8H7N5O2/c14-13(15)12-8(9-10-11-12)6-7-4-2-1-3-5-7/h1-5H,6H2. The van der Waals surface area contributed by atoms with Crippen molar-refractivity contribution in [3.05, 3.63) is 51.8 Å². The Labute approximate surface area is 84.5 Å². The van der Waals surface area contributed by atoms with Crippen LogP contribution in [-0.4, -0.2) is 25.3 Å². The number of rotatable bonds is 3. The van der Waals surface area contributed by atoms with Crippen molar-refractivity contribution >= 4 is 0 Å². The van der Waals surface area contributed by atoms with E-state index in [1.807, 2.05) is 30.3 Å².